The molecular formula is C9H17N3O2S. The van der Waals surface area contributed by atoms with E-state index in [9.17, 15) is 0 Å². The predicted octanol–water partition coefficient (Wildman–Crippen LogP) is 0.679. The fraction of sp³-hybridized carbons (Fsp3) is 0.778. The third kappa shape index (κ3) is 5.78. The van der Waals surface area contributed by atoms with Gasteiger partial charge in [-0.2, -0.15) is 0 Å². The Morgan fingerprint density at radius 2 is 2.40 bits per heavy atom. The van der Waals surface area contributed by atoms with Crippen LogP contribution in [0.5, 0.6) is 0 Å². The van der Waals surface area contributed by atoms with Crippen molar-refractivity contribution in [2.45, 2.75) is 19.5 Å². The Kier molecular flexibility index (Phi) is 6.42. The molecule has 0 aliphatic rings. The normalized spacial score (nSPS) is 12.9. The largest absolute Gasteiger partial charge is 0.382 e. The van der Waals surface area contributed by atoms with Crippen molar-refractivity contribution in [3.63, 3.8) is 0 Å². The molecule has 1 atom stereocenters. The van der Waals surface area contributed by atoms with E-state index in [1.807, 2.05) is 5.38 Å². The highest BCUT2D eigenvalue weighted by Crippen LogP contribution is 1.96. The Morgan fingerprint density at radius 1 is 1.53 bits per heavy atom. The zero-order valence-corrected chi connectivity index (χ0v) is 9.92. The van der Waals surface area contributed by atoms with Crippen molar-refractivity contribution >= 4 is 11.5 Å². The van der Waals surface area contributed by atoms with Gasteiger partial charge in [-0.05, 0) is 18.5 Å². The van der Waals surface area contributed by atoms with E-state index in [0.717, 1.165) is 12.2 Å². The van der Waals surface area contributed by atoms with Gasteiger partial charge >= 0.3 is 0 Å². The summed E-state index contributed by atoms with van der Waals surface area (Å²) in [4.78, 5) is 0. The molecular weight excluding hydrogens is 214 g/mol. The standard InChI is InChI=1S/C9H17N3O2S/c1-8(6-14-4-3-13-2)10-5-9-7-15-12-11-9/h7-8,10H,3-6H2,1-2H3. The average molecular weight is 231 g/mol. The number of methoxy groups -OCH3 is 1. The summed E-state index contributed by atoms with van der Waals surface area (Å²) in [6.45, 7) is 4.78. The molecule has 0 radical (unpaired) electrons. The van der Waals surface area contributed by atoms with Crippen LogP contribution in [0.1, 0.15) is 12.6 Å². The van der Waals surface area contributed by atoms with E-state index in [2.05, 4.69) is 21.8 Å². The molecule has 1 aromatic rings. The number of rotatable bonds is 8. The maximum Gasteiger partial charge on any atom is 0.0893 e. The van der Waals surface area contributed by atoms with Crippen molar-refractivity contribution in [3.8, 4) is 0 Å². The molecule has 86 valence electrons. The van der Waals surface area contributed by atoms with Gasteiger partial charge in [-0.25, -0.2) is 0 Å². The Morgan fingerprint density at radius 3 is 3.07 bits per heavy atom. The summed E-state index contributed by atoms with van der Waals surface area (Å²) >= 11 is 1.37. The molecule has 1 unspecified atom stereocenters. The van der Waals surface area contributed by atoms with E-state index in [1.165, 1.54) is 11.5 Å². The van der Waals surface area contributed by atoms with Gasteiger partial charge in [0.05, 0.1) is 25.5 Å². The van der Waals surface area contributed by atoms with E-state index in [-0.39, 0.29) is 0 Å². The van der Waals surface area contributed by atoms with Crippen LogP contribution in [0.4, 0.5) is 0 Å². The van der Waals surface area contributed by atoms with Crippen molar-refractivity contribution in [1.29, 1.82) is 0 Å². The van der Waals surface area contributed by atoms with Crippen LogP contribution in [0.3, 0.4) is 0 Å². The number of ether oxygens (including phenoxy) is 2. The maximum atomic E-state index is 5.38. The summed E-state index contributed by atoms with van der Waals surface area (Å²) in [7, 11) is 1.67. The second kappa shape index (κ2) is 7.70. The molecule has 15 heavy (non-hydrogen) atoms. The Labute approximate surface area is 94.0 Å². The number of aromatic nitrogens is 2. The van der Waals surface area contributed by atoms with E-state index >= 15 is 0 Å². The van der Waals surface area contributed by atoms with Crippen molar-refractivity contribution in [1.82, 2.24) is 14.9 Å². The molecule has 6 heteroatoms. The first-order valence-corrected chi connectivity index (χ1v) is 5.72. The van der Waals surface area contributed by atoms with Gasteiger partial charge in [0.15, 0.2) is 0 Å². The lowest BCUT2D eigenvalue weighted by atomic mass is 10.3. The fourth-order valence-electron chi connectivity index (χ4n) is 1.00. The Hall–Kier alpha value is -0.560. The van der Waals surface area contributed by atoms with Gasteiger partial charge in [0.25, 0.3) is 0 Å². The minimum Gasteiger partial charge on any atom is -0.382 e. The molecule has 0 aromatic carbocycles. The highest BCUT2D eigenvalue weighted by Gasteiger charge is 2.02. The van der Waals surface area contributed by atoms with Gasteiger partial charge in [-0.3, -0.25) is 0 Å². The van der Waals surface area contributed by atoms with Crippen LogP contribution < -0.4 is 5.32 Å². The zero-order chi connectivity index (χ0) is 10.9. The first-order chi connectivity index (χ1) is 7.33. The first-order valence-electron chi connectivity index (χ1n) is 4.89. The van der Waals surface area contributed by atoms with E-state index in [0.29, 0.717) is 25.9 Å². The lowest BCUT2D eigenvalue weighted by Crippen LogP contribution is -2.30. The molecule has 1 rings (SSSR count). The summed E-state index contributed by atoms with van der Waals surface area (Å²) in [5.41, 5.74) is 0.976. The van der Waals surface area contributed by atoms with E-state index in [1.54, 1.807) is 7.11 Å². The molecule has 1 heterocycles. The van der Waals surface area contributed by atoms with Gasteiger partial charge in [-0.15, -0.1) is 5.10 Å². The molecule has 0 aliphatic carbocycles. The summed E-state index contributed by atoms with van der Waals surface area (Å²) in [6.07, 6.45) is 0. The van der Waals surface area contributed by atoms with Crippen molar-refractivity contribution in [2.75, 3.05) is 26.9 Å². The molecule has 0 spiro atoms. The molecule has 0 saturated carbocycles. The minimum absolute atomic E-state index is 0.309. The number of hydrogen-bond acceptors (Lipinski definition) is 6. The summed E-state index contributed by atoms with van der Waals surface area (Å²) in [5, 5.41) is 9.18. The van der Waals surface area contributed by atoms with Crippen LogP contribution in [0.25, 0.3) is 0 Å². The topological polar surface area (TPSA) is 56.3 Å². The van der Waals surface area contributed by atoms with Gasteiger partial charge < -0.3 is 14.8 Å². The Balaban J connectivity index is 2.01. The van der Waals surface area contributed by atoms with E-state index in [4.69, 9.17) is 9.47 Å². The minimum atomic E-state index is 0.309. The highest BCUT2D eigenvalue weighted by atomic mass is 32.1. The molecule has 0 bridgehead atoms. The zero-order valence-electron chi connectivity index (χ0n) is 9.10. The smallest absolute Gasteiger partial charge is 0.0893 e. The molecule has 0 aliphatic heterocycles. The lowest BCUT2D eigenvalue weighted by Gasteiger charge is -2.12. The summed E-state index contributed by atoms with van der Waals surface area (Å²) in [6, 6.07) is 0.309. The van der Waals surface area contributed by atoms with Crippen LogP contribution in [0.2, 0.25) is 0 Å². The number of hydrogen-bond donors (Lipinski definition) is 1. The quantitative estimate of drug-likeness (QED) is 0.667. The van der Waals surface area contributed by atoms with Crippen molar-refractivity contribution in [3.05, 3.63) is 11.1 Å². The molecule has 5 nitrogen and oxygen atoms in total. The number of nitrogens with one attached hydrogen (secondary N) is 1. The summed E-state index contributed by atoms with van der Waals surface area (Å²) in [5.74, 6) is 0. The molecule has 0 saturated heterocycles. The maximum absolute atomic E-state index is 5.38. The first kappa shape index (κ1) is 12.5. The van der Waals surface area contributed by atoms with Crippen molar-refractivity contribution in [2.24, 2.45) is 0 Å². The van der Waals surface area contributed by atoms with Gasteiger partial charge in [0.1, 0.15) is 0 Å². The molecule has 1 N–H and O–H groups in total. The van der Waals surface area contributed by atoms with Gasteiger partial charge in [0.2, 0.25) is 0 Å². The van der Waals surface area contributed by atoms with Crippen LogP contribution >= 0.6 is 11.5 Å². The second-order valence-electron chi connectivity index (χ2n) is 3.25. The molecule has 0 amide bonds. The second-order valence-corrected chi connectivity index (χ2v) is 3.86. The van der Waals surface area contributed by atoms with E-state index < -0.39 is 0 Å². The van der Waals surface area contributed by atoms with Gasteiger partial charge in [-0.1, -0.05) is 4.49 Å². The van der Waals surface area contributed by atoms with Crippen molar-refractivity contribution < 1.29 is 9.47 Å². The van der Waals surface area contributed by atoms with Crippen LogP contribution in [-0.4, -0.2) is 42.6 Å². The predicted molar refractivity (Wildman–Crippen MR) is 58.9 cm³/mol. The van der Waals surface area contributed by atoms with Crippen LogP contribution in [0.15, 0.2) is 5.38 Å². The SMILES string of the molecule is COCCOCC(C)NCc1csnn1. The Bertz CT molecular complexity index is 244. The van der Waals surface area contributed by atoms with Crippen LogP contribution in [0, 0.1) is 0 Å². The molecule has 1 aromatic heterocycles. The fourth-order valence-corrected chi connectivity index (χ4v) is 1.45. The average Bonchev–Trinajstić information content (AvgIpc) is 2.74. The number of nitrogens with zero attached hydrogens (tertiary/aromatic N) is 2. The third-order valence-corrected chi connectivity index (χ3v) is 2.39. The molecule has 0 fully saturated rings. The monoisotopic (exact) mass is 231 g/mol. The van der Waals surface area contributed by atoms with Crippen LogP contribution in [-0.2, 0) is 16.0 Å². The lowest BCUT2D eigenvalue weighted by molar-refractivity contribution is 0.0608. The highest BCUT2D eigenvalue weighted by molar-refractivity contribution is 7.03. The van der Waals surface area contributed by atoms with Gasteiger partial charge in [0, 0.05) is 25.1 Å². The summed E-state index contributed by atoms with van der Waals surface area (Å²) < 4.78 is 14.1. The third-order valence-electron chi connectivity index (χ3n) is 1.84.